The largest absolute Gasteiger partial charge is 0.497 e. The molecule has 2 heterocycles. The van der Waals surface area contributed by atoms with E-state index in [-0.39, 0.29) is 0 Å². The standard InChI is InChI=1S/C15H17N3O2/c1-8-5-10(19-4)6-11-14(9(2)18(3)15(8)11)12-7-13(16)20-17-12/h5-7H,16H2,1-4H3. The first-order valence-electron chi connectivity index (χ1n) is 6.39. The number of nitrogens with zero attached hydrogens (tertiary/aromatic N) is 2. The molecule has 0 saturated heterocycles. The number of aromatic nitrogens is 2. The molecule has 1 aromatic carbocycles. The van der Waals surface area contributed by atoms with E-state index >= 15 is 0 Å². The van der Waals surface area contributed by atoms with Crippen LogP contribution in [0.3, 0.4) is 0 Å². The van der Waals surface area contributed by atoms with E-state index in [0.29, 0.717) is 5.88 Å². The number of rotatable bonds is 2. The van der Waals surface area contributed by atoms with E-state index in [4.69, 9.17) is 15.0 Å². The Morgan fingerprint density at radius 2 is 2.00 bits per heavy atom. The molecule has 0 aliphatic carbocycles. The molecule has 0 fully saturated rings. The van der Waals surface area contributed by atoms with Crippen LogP contribution in [0, 0.1) is 13.8 Å². The fraction of sp³-hybridized carbons (Fsp3) is 0.267. The third-order valence-corrected chi connectivity index (χ3v) is 3.76. The van der Waals surface area contributed by atoms with Crippen molar-refractivity contribution in [2.45, 2.75) is 13.8 Å². The normalized spacial score (nSPS) is 11.2. The lowest BCUT2D eigenvalue weighted by molar-refractivity contribution is 0.415. The summed E-state index contributed by atoms with van der Waals surface area (Å²) in [6.45, 7) is 4.14. The number of benzene rings is 1. The van der Waals surface area contributed by atoms with Gasteiger partial charge in [0.15, 0.2) is 0 Å². The van der Waals surface area contributed by atoms with Crippen LogP contribution in [-0.2, 0) is 7.05 Å². The van der Waals surface area contributed by atoms with Crippen molar-refractivity contribution in [3.8, 4) is 17.0 Å². The van der Waals surface area contributed by atoms with Gasteiger partial charge < -0.3 is 19.6 Å². The maximum Gasteiger partial charge on any atom is 0.222 e. The number of fused-ring (bicyclic) bond motifs is 1. The second kappa shape index (κ2) is 4.30. The fourth-order valence-electron chi connectivity index (χ4n) is 2.76. The molecule has 20 heavy (non-hydrogen) atoms. The predicted molar refractivity (Wildman–Crippen MR) is 78.9 cm³/mol. The maximum atomic E-state index is 5.64. The molecular formula is C15H17N3O2. The second-order valence-corrected chi connectivity index (χ2v) is 4.97. The monoisotopic (exact) mass is 271 g/mol. The van der Waals surface area contributed by atoms with Crippen molar-refractivity contribution < 1.29 is 9.26 Å². The van der Waals surface area contributed by atoms with Crippen molar-refractivity contribution in [1.29, 1.82) is 0 Å². The summed E-state index contributed by atoms with van der Waals surface area (Å²) in [6, 6.07) is 5.80. The van der Waals surface area contributed by atoms with Crippen LogP contribution >= 0.6 is 0 Å². The molecule has 0 radical (unpaired) electrons. The van der Waals surface area contributed by atoms with Gasteiger partial charge in [0.2, 0.25) is 5.88 Å². The highest BCUT2D eigenvalue weighted by Gasteiger charge is 2.19. The van der Waals surface area contributed by atoms with Crippen molar-refractivity contribution in [1.82, 2.24) is 9.72 Å². The van der Waals surface area contributed by atoms with Crippen molar-refractivity contribution in [3.63, 3.8) is 0 Å². The first-order valence-corrected chi connectivity index (χ1v) is 6.39. The Balaban J connectivity index is 2.42. The van der Waals surface area contributed by atoms with Crippen LogP contribution in [-0.4, -0.2) is 16.8 Å². The van der Waals surface area contributed by atoms with Gasteiger partial charge in [0, 0.05) is 29.8 Å². The minimum atomic E-state index is 0.316. The minimum absolute atomic E-state index is 0.316. The van der Waals surface area contributed by atoms with Gasteiger partial charge in [0.05, 0.1) is 12.6 Å². The zero-order valence-corrected chi connectivity index (χ0v) is 12.0. The number of nitrogens with two attached hydrogens (primary N) is 1. The highest BCUT2D eigenvalue weighted by molar-refractivity contribution is 5.99. The molecule has 2 aromatic heterocycles. The SMILES string of the molecule is COc1cc(C)c2c(c1)c(-c1cc(N)on1)c(C)n2C. The maximum absolute atomic E-state index is 5.64. The van der Waals surface area contributed by atoms with Gasteiger partial charge in [0.25, 0.3) is 0 Å². The number of anilines is 1. The van der Waals surface area contributed by atoms with Crippen molar-refractivity contribution >= 4 is 16.8 Å². The van der Waals surface area contributed by atoms with Gasteiger partial charge in [-0.25, -0.2) is 0 Å². The Morgan fingerprint density at radius 1 is 1.25 bits per heavy atom. The van der Waals surface area contributed by atoms with Gasteiger partial charge >= 0.3 is 0 Å². The molecule has 0 amide bonds. The molecule has 0 saturated carbocycles. The van der Waals surface area contributed by atoms with Crippen molar-refractivity contribution in [2.24, 2.45) is 7.05 Å². The van der Waals surface area contributed by atoms with Gasteiger partial charge in [-0.1, -0.05) is 5.16 Å². The van der Waals surface area contributed by atoms with E-state index in [9.17, 15) is 0 Å². The smallest absolute Gasteiger partial charge is 0.222 e. The van der Waals surface area contributed by atoms with Crippen molar-refractivity contribution in [2.75, 3.05) is 12.8 Å². The Kier molecular flexibility index (Phi) is 2.71. The average Bonchev–Trinajstić information content (AvgIpc) is 2.93. The van der Waals surface area contributed by atoms with E-state index in [1.165, 1.54) is 5.52 Å². The summed E-state index contributed by atoms with van der Waals surface area (Å²) < 4.78 is 12.5. The summed E-state index contributed by atoms with van der Waals surface area (Å²) in [5.41, 5.74) is 10.9. The molecule has 0 aliphatic rings. The second-order valence-electron chi connectivity index (χ2n) is 4.97. The summed E-state index contributed by atoms with van der Waals surface area (Å²) in [5.74, 6) is 1.15. The molecule has 104 valence electrons. The Hall–Kier alpha value is -2.43. The van der Waals surface area contributed by atoms with Crippen LogP contribution in [0.5, 0.6) is 5.75 Å². The Bertz CT molecular complexity index is 799. The molecule has 0 unspecified atom stereocenters. The van der Waals surface area contributed by atoms with E-state index < -0.39 is 0 Å². The summed E-state index contributed by atoms with van der Waals surface area (Å²) in [6.07, 6.45) is 0. The summed E-state index contributed by atoms with van der Waals surface area (Å²) in [7, 11) is 3.72. The lowest BCUT2D eigenvalue weighted by atomic mass is 10.1. The predicted octanol–water partition coefficient (Wildman–Crippen LogP) is 3.04. The van der Waals surface area contributed by atoms with Gasteiger partial charge in [-0.15, -0.1) is 0 Å². The van der Waals surface area contributed by atoms with Gasteiger partial charge in [-0.3, -0.25) is 0 Å². The summed E-state index contributed by atoms with van der Waals surface area (Å²) >= 11 is 0. The Labute approximate surface area is 116 Å². The lowest BCUT2D eigenvalue weighted by Crippen LogP contribution is -1.92. The van der Waals surface area contributed by atoms with Gasteiger partial charge in [-0.2, -0.15) is 0 Å². The molecule has 3 rings (SSSR count). The third-order valence-electron chi connectivity index (χ3n) is 3.76. The molecule has 0 atom stereocenters. The summed E-state index contributed by atoms with van der Waals surface area (Å²) in [5, 5.41) is 5.13. The summed E-state index contributed by atoms with van der Waals surface area (Å²) in [4.78, 5) is 0. The number of hydrogen-bond acceptors (Lipinski definition) is 4. The van der Waals surface area contributed by atoms with E-state index in [0.717, 1.165) is 33.7 Å². The van der Waals surface area contributed by atoms with E-state index in [2.05, 4.69) is 23.6 Å². The number of ether oxygens (including phenoxy) is 1. The quantitative estimate of drug-likeness (QED) is 0.778. The molecule has 0 bridgehead atoms. The molecule has 5 heteroatoms. The fourth-order valence-corrected chi connectivity index (χ4v) is 2.76. The first kappa shape index (κ1) is 12.6. The molecule has 2 N–H and O–H groups in total. The highest BCUT2D eigenvalue weighted by Crippen LogP contribution is 2.37. The van der Waals surface area contributed by atoms with Crippen LogP contribution in [0.25, 0.3) is 22.2 Å². The number of nitrogen functional groups attached to an aromatic ring is 1. The lowest BCUT2D eigenvalue weighted by Gasteiger charge is -2.05. The third kappa shape index (κ3) is 1.66. The topological polar surface area (TPSA) is 66.2 Å². The zero-order chi connectivity index (χ0) is 14.4. The molecular weight excluding hydrogens is 254 g/mol. The highest BCUT2D eigenvalue weighted by atomic mass is 16.5. The molecule has 3 aromatic rings. The van der Waals surface area contributed by atoms with Crippen LogP contribution in [0.2, 0.25) is 0 Å². The van der Waals surface area contributed by atoms with E-state index in [1.807, 2.05) is 19.2 Å². The molecule has 5 nitrogen and oxygen atoms in total. The van der Waals surface area contributed by atoms with Crippen LogP contribution in [0.4, 0.5) is 5.88 Å². The number of hydrogen-bond donors (Lipinski definition) is 1. The molecule has 0 spiro atoms. The average molecular weight is 271 g/mol. The van der Waals surface area contributed by atoms with Gasteiger partial charge in [-0.05, 0) is 31.5 Å². The number of aryl methyl sites for hydroxylation is 2. The van der Waals surface area contributed by atoms with Gasteiger partial charge in [0.1, 0.15) is 11.4 Å². The van der Waals surface area contributed by atoms with Crippen LogP contribution < -0.4 is 10.5 Å². The number of methoxy groups -OCH3 is 1. The van der Waals surface area contributed by atoms with Crippen LogP contribution in [0.1, 0.15) is 11.3 Å². The van der Waals surface area contributed by atoms with E-state index in [1.54, 1.807) is 13.2 Å². The van der Waals surface area contributed by atoms with Crippen molar-refractivity contribution in [3.05, 3.63) is 29.5 Å². The first-order chi connectivity index (χ1) is 9.52. The zero-order valence-electron chi connectivity index (χ0n) is 12.0. The Morgan fingerprint density at radius 3 is 2.60 bits per heavy atom. The molecule has 0 aliphatic heterocycles. The minimum Gasteiger partial charge on any atom is -0.497 e. The van der Waals surface area contributed by atoms with Crippen LogP contribution in [0.15, 0.2) is 22.7 Å².